The first-order valence-electron chi connectivity index (χ1n) is 10.2. The minimum atomic E-state index is -2.86. The molecular weight excluding hydrogens is 416 g/mol. The Hall–Kier alpha value is 0.0738. The lowest BCUT2D eigenvalue weighted by Gasteiger charge is -2.28. The molecule has 11 heteroatoms. The second kappa shape index (κ2) is 20.0. The summed E-state index contributed by atoms with van der Waals surface area (Å²) in [4.78, 5) is 0. The van der Waals surface area contributed by atoms with Gasteiger partial charge in [0.05, 0.1) is 13.2 Å². The van der Waals surface area contributed by atoms with Gasteiger partial charge in [0.1, 0.15) is 0 Å². The Balaban J connectivity index is 0. The van der Waals surface area contributed by atoms with E-state index in [2.05, 4.69) is 0 Å². The number of methoxy groups -OCH3 is 1. The first kappa shape index (κ1) is 31.3. The number of rotatable bonds is 18. The molecule has 0 spiro atoms. The molecule has 0 fully saturated rings. The van der Waals surface area contributed by atoms with E-state index in [9.17, 15) is 0 Å². The maximum atomic E-state index is 5.63. The third kappa shape index (κ3) is 15.5. The molecule has 29 heavy (non-hydrogen) atoms. The molecule has 0 bridgehead atoms. The van der Waals surface area contributed by atoms with Gasteiger partial charge >= 0.3 is 17.9 Å². The van der Waals surface area contributed by atoms with Crippen molar-refractivity contribution in [3.63, 3.8) is 0 Å². The standard InChI is InChI=1S/C9H22O5Si.C9H22O4Si/c1-10-7-8-14-6-5-9-15(11-2,12-3)13-4;1-6-10-14(11-7-2,12-8-3)13-9(4)5/h5-9H2,1-4H3;9H,6-8H2,1-5H3. The van der Waals surface area contributed by atoms with Gasteiger partial charge in [-0.15, -0.1) is 0 Å². The van der Waals surface area contributed by atoms with E-state index >= 15 is 0 Å². The third-order valence-electron chi connectivity index (χ3n) is 3.48. The first-order valence-corrected chi connectivity index (χ1v) is 13.7. The van der Waals surface area contributed by atoms with E-state index in [1.165, 1.54) is 0 Å². The second-order valence-electron chi connectivity index (χ2n) is 5.97. The maximum Gasteiger partial charge on any atom is 0.679 e. The van der Waals surface area contributed by atoms with Crippen LogP contribution in [0.2, 0.25) is 6.04 Å². The summed E-state index contributed by atoms with van der Waals surface area (Å²) in [6.45, 7) is 13.2. The Morgan fingerprint density at radius 1 is 0.690 bits per heavy atom. The van der Waals surface area contributed by atoms with Gasteiger partial charge in [0.25, 0.3) is 0 Å². The molecule has 0 saturated carbocycles. The van der Waals surface area contributed by atoms with E-state index in [0.717, 1.165) is 12.5 Å². The van der Waals surface area contributed by atoms with E-state index in [4.69, 9.17) is 40.5 Å². The quantitative estimate of drug-likeness (QED) is 0.226. The van der Waals surface area contributed by atoms with Crippen molar-refractivity contribution in [2.45, 2.75) is 53.2 Å². The summed E-state index contributed by atoms with van der Waals surface area (Å²) in [6.07, 6.45) is 0.914. The number of ether oxygens (including phenoxy) is 2. The molecule has 0 atom stereocenters. The zero-order chi connectivity index (χ0) is 22.6. The van der Waals surface area contributed by atoms with Crippen LogP contribution in [0.25, 0.3) is 0 Å². The zero-order valence-electron chi connectivity index (χ0n) is 19.9. The number of hydrogen-bond acceptors (Lipinski definition) is 9. The number of hydrogen-bond donors (Lipinski definition) is 0. The Kier molecular flexibility index (Phi) is 21.6. The molecule has 0 aromatic rings. The minimum absolute atomic E-state index is 0.0475. The molecule has 0 aliphatic carbocycles. The molecule has 0 aromatic heterocycles. The van der Waals surface area contributed by atoms with Gasteiger partial charge in [-0.05, 0) is 41.0 Å². The van der Waals surface area contributed by atoms with Gasteiger partial charge in [-0.3, -0.25) is 0 Å². The minimum Gasteiger partial charge on any atom is -0.382 e. The largest absolute Gasteiger partial charge is 0.679 e. The van der Waals surface area contributed by atoms with E-state index < -0.39 is 17.9 Å². The lowest BCUT2D eigenvalue weighted by Crippen LogP contribution is -2.50. The lowest BCUT2D eigenvalue weighted by atomic mass is 10.5. The molecule has 0 aliphatic rings. The van der Waals surface area contributed by atoms with Crippen LogP contribution in [0.1, 0.15) is 41.0 Å². The average molecular weight is 461 g/mol. The Labute approximate surface area is 180 Å². The Morgan fingerprint density at radius 2 is 1.17 bits per heavy atom. The summed E-state index contributed by atoms with van der Waals surface area (Å²) >= 11 is 0. The molecule has 0 saturated heterocycles. The molecule has 0 heterocycles. The fourth-order valence-electron chi connectivity index (χ4n) is 2.24. The van der Waals surface area contributed by atoms with Crippen molar-refractivity contribution in [3.8, 4) is 0 Å². The fraction of sp³-hybridized carbons (Fsp3) is 1.00. The summed E-state index contributed by atoms with van der Waals surface area (Å²) in [5, 5.41) is 0. The van der Waals surface area contributed by atoms with Gasteiger partial charge in [-0.2, -0.15) is 0 Å². The van der Waals surface area contributed by atoms with Crippen molar-refractivity contribution < 1.29 is 40.5 Å². The SMILES string of the molecule is CCO[Si](OCC)(OCC)OC(C)C.COCCOCCC[Si](OC)(OC)OC. The fourth-order valence-corrected chi connectivity index (χ4v) is 6.02. The zero-order valence-corrected chi connectivity index (χ0v) is 21.9. The molecule has 0 aromatic carbocycles. The van der Waals surface area contributed by atoms with Crippen molar-refractivity contribution in [1.82, 2.24) is 0 Å². The highest BCUT2D eigenvalue weighted by Crippen LogP contribution is 2.15. The van der Waals surface area contributed by atoms with Crippen LogP contribution < -0.4 is 0 Å². The molecule has 0 rings (SSSR count). The Bertz CT molecular complexity index is 320. The second-order valence-corrected chi connectivity index (χ2v) is 11.2. The molecule has 0 radical (unpaired) electrons. The van der Waals surface area contributed by atoms with Crippen molar-refractivity contribution in [2.24, 2.45) is 0 Å². The molecule has 178 valence electrons. The summed E-state index contributed by atoms with van der Waals surface area (Å²) in [6, 6.07) is 0.767. The highest BCUT2D eigenvalue weighted by atomic mass is 28.4. The van der Waals surface area contributed by atoms with Gasteiger partial charge in [0.15, 0.2) is 0 Å². The summed E-state index contributed by atoms with van der Waals surface area (Å²) in [5.74, 6) is 0. The van der Waals surface area contributed by atoms with Crippen LogP contribution >= 0.6 is 0 Å². The highest BCUT2D eigenvalue weighted by Gasteiger charge is 2.45. The van der Waals surface area contributed by atoms with Crippen molar-refractivity contribution in [2.75, 3.05) is 68.1 Å². The maximum absolute atomic E-state index is 5.63. The molecular formula is C18H44O9Si2. The molecule has 0 unspecified atom stereocenters. The monoisotopic (exact) mass is 460 g/mol. The molecule has 0 N–H and O–H groups in total. The average Bonchev–Trinajstić information content (AvgIpc) is 2.69. The van der Waals surface area contributed by atoms with Gasteiger partial charge in [-0.25, -0.2) is 0 Å². The van der Waals surface area contributed by atoms with Crippen LogP contribution in [0.15, 0.2) is 0 Å². The topological polar surface area (TPSA) is 83.1 Å². The van der Waals surface area contributed by atoms with Crippen LogP contribution in [0.4, 0.5) is 0 Å². The highest BCUT2D eigenvalue weighted by molar-refractivity contribution is 6.60. The Morgan fingerprint density at radius 3 is 1.52 bits per heavy atom. The normalized spacial score (nSPS) is 12.2. The van der Waals surface area contributed by atoms with Gasteiger partial charge < -0.3 is 40.5 Å². The third-order valence-corrected chi connectivity index (χ3v) is 9.00. The van der Waals surface area contributed by atoms with E-state index in [-0.39, 0.29) is 6.10 Å². The van der Waals surface area contributed by atoms with Crippen molar-refractivity contribution in [1.29, 1.82) is 0 Å². The lowest BCUT2D eigenvalue weighted by molar-refractivity contribution is -0.0425. The smallest absolute Gasteiger partial charge is 0.382 e. The van der Waals surface area contributed by atoms with Crippen LogP contribution in [0.3, 0.4) is 0 Å². The summed E-state index contributed by atoms with van der Waals surface area (Å²) in [7, 11) is 1.25. The first-order chi connectivity index (χ1) is 13.8. The van der Waals surface area contributed by atoms with E-state index in [0.29, 0.717) is 39.6 Å². The summed E-state index contributed by atoms with van der Waals surface area (Å²) in [5.41, 5.74) is 0. The van der Waals surface area contributed by atoms with Crippen LogP contribution in [0.5, 0.6) is 0 Å². The van der Waals surface area contributed by atoms with Gasteiger partial charge in [-0.1, -0.05) is 0 Å². The van der Waals surface area contributed by atoms with Gasteiger partial charge in [0, 0.05) is 67.0 Å². The van der Waals surface area contributed by atoms with Crippen LogP contribution in [-0.2, 0) is 40.5 Å². The molecule has 0 amide bonds. The van der Waals surface area contributed by atoms with Gasteiger partial charge in [0.2, 0.25) is 0 Å². The van der Waals surface area contributed by atoms with E-state index in [1.54, 1.807) is 28.4 Å². The van der Waals surface area contributed by atoms with Crippen molar-refractivity contribution >= 4 is 17.9 Å². The van der Waals surface area contributed by atoms with Crippen LogP contribution in [-0.4, -0.2) is 92.0 Å². The summed E-state index contributed by atoms with van der Waals surface area (Å²) < 4.78 is 48.1. The van der Waals surface area contributed by atoms with Crippen LogP contribution in [0, 0.1) is 0 Å². The molecule has 9 nitrogen and oxygen atoms in total. The van der Waals surface area contributed by atoms with E-state index in [1.807, 2.05) is 34.6 Å². The van der Waals surface area contributed by atoms with Crippen molar-refractivity contribution in [3.05, 3.63) is 0 Å². The molecule has 0 aliphatic heterocycles. The predicted octanol–water partition coefficient (Wildman–Crippen LogP) is 2.87. The predicted molar refractivity (Wildman–Crippen MR) is 116 cm³/mol.